The lowest BCUT2D eigenvalue weighted by Crippen LogP contribution is -2.32. The monoisotopic (exact) mass is 428 g/mol. The Balaban J connectivity index is 1.77. The number of rotatable bonds is 9. The molecule has 1 atom stereocenters. The van der Waals surface area contributed by atoms with Gasteiger partial charge in [0.15, 0.2) is 16.7 Å². The van der Waals surface area contributed by atoms with Crippen molar-refractivity contribution in [3.05, 3.63) is 48.0 Å². The molecule has 1 fully saturated rings. The summed E-state index contributed by atoms with van der Waals surface area (Å²) < 4.78 is 16.5. The number of nitrogens with zero attached hydrogens (tertiary/aromatic N) is 2. The maximum Gasteiger partial charge on any atom is 0.242 e. The molecule has 1 aliphatic heterocycles. The highest BCUT2D eigenvalue weighted by atomic mass is 32.2. The minimum Gasteiger partial charge on any atom is -0.494 e. The van der Waals surface area contributed by atoms with Gasteiger partial charge in [0.25, 0.3) is 0 Å². The van der Waals surface area contributed by atoms with Crippen molar-refractivity contribution >= 4 is 28.5 Å². The normalized spacial score (nSPS) is 17.5. The Labute approximate surface area is 182 Å². The Morgan fingerprint density at radius 2 is 1.73 bits per heavy atom. The van der Waals surface area contributed by atoms with Gasteiger partial charge in [-0.05, 0) is 69.2 Å². The van der Waals surface area contributed by atoms with Crippen LogP contribution < -0.4 is 14.2 Å². The van der Waals surface area contributed by atoms with Crippen molar-refractivity contribution in [3.63, 3.8) is 0 Å². The zero-order chi connectivity index (χ0) is 21.5. The third-order valence-electron chi connectivity index (χ3n) is 4.66. The summed E-state index contributed by atoms with van der Waals surface area (Å²) >= 11 is 1.51. The summed E-state index contributed by atoms with van der Waals surface area (Å²) in [6, 6.07) is 13.4. The first-order valence-corrected chi connectivity index (χ1v) is 11.1. The van der Waals surface area contributed by atoms with Gasteiger partial charge < -0.3 is 14.2 Å². The minimum absolute atomic E-state index is 0.0834. The van der Waals surface area contributed by atoms with Gasteiger partial charge in [0.1, 0.15) is 5.75 Å². The molecule has 0 spiro atoms. The van der Waals surface area contributed by atoms with Gasteiger partial charge in [0.05, 0.1) is 31.3 Å². The first-order chi connectivity index (χ1) is 14.6. The van der Waals surface area contributed by atoms with Crippen molar-refractivity contribution in [1.29, 1.82) is 0 Å². The molecule has 30 heavy (non-hydrogen) atoms. The lowest BCUT2D eigenvalue weighted by atomic mass is 10.1. The van der Waals surface area contributed by atoms with Crippen LogP contribution in [0.2, 0.25) is 0 Å². The summed E-state index contributed by atoms with van der Waals surface area (Å²) in [6.07, 6.45) is 0.602. The van der Waals surface area contributed by atoms with E-state index in [1.54, 1.807) is 12.0 Å². The first-order valence-electron chi connectivity index (χ1n) is 10.2. The molecule has 7 heteroatoms. The minimum atomic E-state index is -0.214. The molecule has 0 bridgehead atoms. The summed E-state index contributed by atoms with van der Waals surface area (Å²) in [5.74, 6) is 2.29. The van der Waals surface area contributed by atoms with E-state index < -0.39 is 0 Å². The summed E-state index contributed by atoms with van der Waals surface area (Å²) in [5.41, 5.74) is 1.83. The zero-order valence-electron chi connectivity index (χ0n) is 17.9. The highest BCUT2D eigenvalue weighted by Crippen LogP contribution is 2.34. The fourth-order valence-electron chi connectivity index (χ4n) is 3.24. The maximum atomic E-state index is 13.0. The van der Waals surface area contributed by atoms with Crippen molar-refractivity contribution in [2.75, 3.05) is 26.9 Å². The van der Waals surface area contributed by atoms with Crippen LogP contribution in [0.15, 0.2) is 47.5 Å². The topological polar surface area (TPSA) is 60.4 Å². The van der Waals surface area contributed by atoms with E-state index in [1.165, 1.54) is 11.8 Å². The van der Waals surface area contributed by atoms with Crippen LogP contribution in [0, 0.1) is 0 Å². The third kappa shape index (κ3) is 5.08. The quantitative estimate of drug-likeness (QED) is 0.580. The summed E-state index contributed by atoms with van der Waals surface area (Å²) in [6.45, 7) is 7.64. The maximum absolute atomic E-state index is 13.0. The summed E-state index contributed by atoms with van der Waals surface area (Å²) in [5, 5.41) is 0.517. The molecule has 1 heterocycles. The molecule has 2 aromatic rings. The van der Waals surface area contributed by atoms with E-state index in [-0.39, 0.29) is 11.2 Å². The Bertz CT molecular complexity index is 899. The second-order valence-electron chi connectivity index (χ2n) is 6.63. The number of aliphatic imine (C=N–C) groups is 1. The molecule has 0 aromatic heterocycles. The van der Waals surface area contributed by atoms with Crippen molar-refractivity contribution in [2.45, 2.75) is 32.4 Å². The Kier molecular flexibility index (Phi) is 7.63. The lowest BCUT2D eigenvalue weighted by Gasteiger charge is -2.14. The SMILES string of the molecule is CCOc1ccc(N=C2S[C@@H](Cc3ccc(OCC)c(OC)c3)C(=O)N2CC)cc1. The van der Waals surface area contributed by atoms with Gasteiger partial charge in [0.2, 0.25) is 5.91 Å². The molecule has 2 aromatic carbocycles. The van der Waals surface area contributed by atoms with Gasteiger partial charge >= 0.3 is 0 Å². The van der Waals surface area contributed by atoms with Crippen molar-refractivity contribution < 1.29 is 19.0 Å². The van der Waals surface area contributed by atoms with Gasteiger partial charge in [-0.3, -0.25) is 9.69 Å². The van der Waals surface area contributed by atoms with Crippen LogP contribution in [0.3, 0.4) is 0 Å². The number of methoxy groups -OCH3 is 1. The van der Waals surface area contributed by atoms with Crippen LogP contribution >= 0.6 is 11.8 Å². The van der Waals surface area contributed by atoms with E-state index in [4.69, 9.17) is 19.2 Å². The number of hydrogen-bond donors (Lipinski definition) is 0. The number of thioether (sulfide) groups is 1. The second kappa shape index (κ2) is 10.4. The van der Waals surface area contributed by atoms with E-state index in [0.29, 0.717) is 37.7 Å². The van der Waals surface area contributed by atoms with Gasteiger partial charge in [-0.1, -0.05) is 17.8 Å². The molecule has 0 unspecified atom stereocenters. The lowest BCUT2D eigenvalue weighted by molar-refractivity contribution is -0.126. The number of hydrogen-bond acceptors (Lipinski definition) is 6. The van der Waals surface area contributed by atoms with Crippen LogP contribution in [-0.2, 0) is 11.2 Å². The fraction of sp³-hybridized carbons (Fsp3) is 0.391. The van der Waals surface area contributed by atoms with E-state index in [0.717, 1.165) is 22.2 Å². The molecule has 0 N–H and O–H groups in total. The zero-order valence-corrected chi connectivity index (χ0v) is 18.7. The first kappa shape index (κ1) is 22.0. The third-order valence-corrected chi connectivity index (χ3v) is 5.83. The molecular weight excluding hydrogens is 400 g/mol. The largest absolute Gasteiger partial charge is 0.494 e. The molecule has 0 saturated carbocycles. The van der Waals surface area contributed by atoms with Crippen molar-refractivity contribution in [3.8, 4) is 17.2 Å². The summed E-state index contributed by atoms with van der Waals surface area (Å²) in [7, 11) is 1.62. The molecule has 3 rings (SSSR count). The predicted octanol–water partition coefficient (Wildman–Crippen LogP) is 4.69. The van der Waals surface area contributed by atoms with Gasteiger partial charge in [-0.15, -0.1) is 0 Å². The fourth-order valence-corrected chi connectivity index (χ4v) is 4.50. The number of amidine groups is 1. The van der Waals surface area contributed by atoms with E-state index in [1.807, 2.05) is 63.2 Å². The molecule has 0 radical (unpaired) electrons. The van der Waals surface area contributed by atoms with Crippen LogP contribution in [0.1, 0.15) is 26.3 Å². The highest BCUT2D eigenvalue weighted by Gasteiger charge is 2.37. The van der Waals surface area contributed by atoms with Gasteiger partial charge in [-0.2, -0.15) is 0 Å². The van der Waals surface area contributed by atoms with Gasteiger partial charge in [-0.25, -0.2) is 4.99 Å². The Morgan fingerprint density at radius 1 is 1.00 bits per heavy atom. The van der Waals surface area contributed by atoms with E-state index >= 15 is 0 Å². The van der Waals surface area contributed by atoms with Crippen LogP contribution in [0.5, 0.6) is 17.2 Å². The smallest absolute Gasteiger partial charge is 0.242 e. The Morgan fingerprint density at radius 3 is 2.37 bits per heavy atom. The molecular formula is C23H28N2O4S. The van der Waals surface area contributed by atoms with Crippen LogP contribution in [0.4, 0.5) is 5.69 Å². The number of carbonyl (C=O) groups is 1. The number of benzene rings is 2. The Hall–Kier alpha value is -2.67. The van der Waals surface area contributed by atoms with E-state index in [9.17, 15) is 4.79 Å². The van der Waals surface area contributed by atoms with Crippen LogP contribution in [0.25, 0.3) is 0 Å². The highest BCUT2D eigenvalue weighted by molar-refractivity contribution is 8.15. The van der Waals surface area contributed by atoms with E-state index in [2.05, 4.69) is 0 Å². The summed E-state index contributed by atoms with van der Waals surface area (Å²) in [4.78, 5) is 19.4. The standard InChI is InChI=1S/C23H28N2O4S/c1-5-25-22(26)21(15-16-8-13-19(29-7-3)20(14-16)27-4)30-23(25)24-17-9-11-18(12-10-17)28-6-2/h8-14,21H,5-7,15H2,1-4H3/t21-/m0/s1. The van der Waals surface area contributed by atoms with Crippen molar-refractivity contribution in [2.24, 2.45) is 4.99 Å². The molecule has 0 aliphatic carbocycles. The van der Waals surface area contributed by atoms with Crippen molar-refractivity contribution in [1.82, 2.24) is 4.90 Å². The average Bonchev–Trinajstić information content (AvgIpc) is 3.04. The number of carbonyl (C=O) groups excluding carboxylic acids is 1. The molecule has 6 nitrogen and oxygen atoms in total. The molecule has 1 saturated heterocycles. The van der Waals surface area contributed by atoms with Gasteiger partial charge in [0, 0.05) is 6.54 Å². The molecule has 160 valence electrons. The number of amides is 1. The molecule has 1 aliphatic rings. The van der Waals surface area contributed by atoms with Crippen LogP contribution in [-0.4, -0.2) is 48.1 Å². The molecule has 1 amide bonds. The average molecular weight is 429 g/mol. The number of ether oxygens (including phenoxy) is 3. The predicted molar refractivity (Wildman–Crippen MR) is 121 cm³/mol. The second-order valence-corrected chi connectivity index (χ2v) is 7.80.